The van der Waals surface area contributed by atoms with Crippen molar-refractivity contribution < 1.29 is 4.79 Å². The van der Waals surface area contributed by atoms with E-state index < -0.39 is 0 Å². The van der Waals surface area contributed by atoms with E-state index in [0.29, 0.717) is 27.6 Å². The number of hydrogen-bond donors (Lipinski definition) is 1. The van der Waals surface area contributed by atoms with Gasteiger partial charge in [-0.3, -0.25) is 4.79 Å². The molecule has 2 nitrogen and oxygen atoms in total. The van der Waals surface area contributed by atoms with Gasteiger partial charge in [-0.05, 0) is 122 Å². The first-order chi connectivity index (χ1) is 12.7. The minimum atomic E-state index is 0.328. The molecule has 150 valence electrons. The quantitative estimate of drug-likeness (QED) is 0.676. The van der Waals surface area contributed by atoms with E-state index in [-0.39, 0.29) is 0 Å². The molecule has 1 N–H and O–H groups in total. The van der Waals surface area contributed by atoms with Gasteiger partial charge in [-0.15, -0.1) is 0 Å². The normalized spacial score (nSPS) is 57.3. The molecule has 0 heterocycles. The van der Waals surface area contributed by atoms with Crippen LogP contribution in [0.3, 0.4) is 0 Å². The maximum absolute atomic E-state index is 13.1. The maximum atomic E-state index is 13.1. The van der Waals surface area contributed by atoms with E-state index in [9.17, 15) is 4.79 Å². The van der Waals surface area contributed by atoms with Crippen molar-refractivity contribution in [2.75, 3.05) is 6.54 Å². The van der Waals surface area contributed by atoms with Crippen LogP contribution in [0.4, 0.5) is 0 Å². The maximum Gasteiger partial charge on any atom is 0.220 e. The number of nitrogens with one attached hydrogen (secondary N) is 1. The molecule has 8 saturated carbocycles. The molecule has 8 rings (SSSR count). The lowest BCUT2D eigenvalue weighted by Crippen LogP contribution is -2.56. The van der Waals surface area contributed by atoms with E-state index in [0.717, 1.165) is 36.6 Å². The Kier molecular flexibility index (Phi) is 3.43. The van der Waals surface area contributed by atoms with Crippen LogP contribution in [0, 0.1) is 45.3 Å². The predicted octanol–water partition coefficient (Wildman–Crippen LogP) is 5.71. The van der Waals surface area contributed by atoms with Gasteiger partial charge in [-0.1, -0.05) is 13.8 Å². The molecule has 27 heavy (non-hydrogen) atoms. The molecule has 8 bridgehead atoms. The van der Waals surface area contributed by atoms with Gasteiger partial charge >= 0.3 is 0 Å². The number of rotatable bonds is 4. The van der Waals surface area contributed by atoms with E-state index in [1.54, 1.807) is 0 Å². The molecule has 8 aliphatic carbocycles. The van der Waals surface area contributed by atoms with Gasteiger partial charge < -0.3 is 5.32 Å². The molecule has 2 heteroatoms. The fourth-order valence-electron chi connectivity index (χ4n) is 11.1. The monoisotopic (exact) mass is 369 g/mol. The number of carbonyl (C=O) groups excluding carboxylic acids is 1. The van der Waals surface area contributed by atoms with Crippen LogP contribution in [0.5, 0.6) is 0 Å². The van der Waals surface area contributed by atoms with Gasteiger partial charge in [-0.2, -0.15) is 0 Å². The Morgan fingerprint density at radius 3 is 1.78 bits per heavy atom. The summed E-state index contributed by atoms with van der Waals surface area (Å²) in [6, 6.07) is 0. The lowest BCUT2D eigenvalue weighted by atomic mass is 9.40. The molecule has 8 fully saturated rings. The third-order valence-electron chi connectivity index (χ3n) is 10.1. The van der Waals surface area contributed by atoms with Gasteiger partial charge in [0.05, 0.1) is 0 Å². The summed E-state index contributed by atoms with van der Waals surface area (Å²) in [5.74, 6) is 4.23. The highest BCUT2D eigenvalue weighted by Crippen LogP contribution is 2.70. The van der Waals surface area contributed by atoms with Gasteiger partial charge in [0.2, 0.25) is 5.91 Å². The van der Waals surface area contributed by atoms with E-state index in [1.807, 2.05) is 0 Å². The Morgan fingerprint density at radius 2 is 1.26 bits per heavy atom. The van der Waals surface area contributed by atoms with Crippen LogP contribution in [0.15, 0.2) is 0 Å². The van der Waals surface area contributed by atoms with E-state index >= 15 is 0 Å². The zero-order chi connectivity index (χ0) is 18.5. The first-order valence-corrected chi connectivity index (χ1v) is 12.0. The fraction of sp³-hybridized carbons (Fsp3) is 0.960. The molecular weight excluding hydrogens is 330 g/mol. The van der Waals surface area contributed by atoms with Crippen molar-refractivity contribution in [2.24, 2.45) is 45.3 Å². The number of hydrogen-bond acceptors (Lipinski definition) is 1. The van der Waals surface area contributed by atoms with Crippen LogP contribution >= 0.6 is 0 Å². The third kappa shape index (κ3) is 2.83. The summed E-state index contributed by atoms with van der Waals surface area (Å²) < 4.78 is 0. The molecule has 8 aliphatic rings. The Bertz CT molecular complexity index is 612. The van der Waals surface area contributed by atoms with Crippen molar-refractivity contribution >= 4 is 5.91 Å². The number of amides is 1. The molecule has 0 aromatic rings. The molecule has 2 atom stereocenters. The summed E-state index contributed by atoms with van der Waals surface area (Å²) >= 11 is 0. The highest BCUT2D eigenvalue weighted by Gasteiger charge is 2.60. The van der Waals surface area contributed by atoms with Crippen molar-refractivity contribution in [1.29, 1.82) is 0 Å². The molecule has 0 aliphatic heterocycles. The molecule has 0 aromatic heterocycles. The molecule has 0 aromatic carbocycles. The Morgan fingerprint density at radius 1 is 0.741 bits per heavy atom. The van der Waals surface area contributed by atoms with Gasteiger partial charge in [0.25, 0.3) is 0 Å². The smallest absolute Gasteiger partial charge is 0.220 e. The highest BCUT2D eigenvalue weighted by molar-refractivity contribution is 5.76. The molecule has 0 saturated heterocycles. The van der Waals surface area contributed by atoms with Crippen molar-refractivity contribution in [3.05, 3.63) is 0 Å². The fourth-order valence-corrected chi connectivity index (χ4v) is 11.1. The third-order valence-corrected chi connectivity index (χ3v) is 10.1. The van der Waals surface area contributed by atoms with Crippen LogP contribution in [0.2, 0.25) is 0 Å². The summed E-state index contributed by atoms with van der Waals surface area (Å²) in [6.45, 7) is 6.04. The van der Waals surface area contributed by atoms with Gasteiger partial charge in [0, 0.05) is 13.0 Å². The first-order valence-electron chi connectivity index (χ1n) is 12.0. The Balaban J connectivity index is 1.13. The SMILES string of the molecule is C[C@@]12CC3CC(CC(=O)NCC45CC6CC(CC(C6)C4)C5)(C1)C[C@@](C)(C3)C2. The average Bonchev–Trinajstić information content (AvgIpc) is 2.47. The number of carbonyl (C=O) groups is 1. The van der Waals surface area contributed by atoms with Gasteiger partial charge in [-0.25, -0.2) is 0 Å². The molecular formula is C25H39NO. The van der Waals surface area contributed by atoms with Crippen molar-refractivity contribution in [3.8, 4) is 0 Å². The summed E-state index contributed by atoms with van der Waals surface area (Å²) in [7, 11) is 0. The van der Waals surface area contributed by atoms with Crippen LogP contribution in [-0.4, -0.2) is 12.5 Å². The minimum absolute atomic E-state index is 0.328. The summed E-state index contributed by atoms with van der Waals surface area (Å²) in [5, 5.41) is 3.50. The average molecular weight is 370 g/mol. The van der Waals surface area contributed by atoms with Crippen molar-refractivity contribution in [2.45, 2.75) is 97.3 Å². The zero-order valence-electron chi connectivity index (χ0n) is 17.6. The first kappa shape index (κ1) is 17.3. The van der Waals surface area contributed by atoms with Crippen molar-refractivity contribution in [3.63, 3.8) is 0 Å². The molecule has 0 radical (unpaired) electrons. The molecule has 0 spiro atoms. The van der Waals surface area contributed by atoms with E-state index in [1.165, 1.54) is 77.0 Å². The Labute approximate surface area is 165 Å². The second-order valence-corrected chi connectivity index (χ2v) is 13.5. The summed E-state index contributed by atoms with van der Waals surface area (Å²) in [6.07, 6.45) is 17.8. The second kappa shape index (κ2) is 5.33. The highest BCUT2D eigenvalue weighted by atomic mass is 16.1. The standard InChI is InChI=1S/C25H39NO/c1-22-6-20-7-23(2,13-22)15-25(11-20,14-22)12-21(27)26-16-24-8-17-3-18(9-24)5-19(4-17)10-24/h17-20H,3-16H2,1-2H3,(H,26,27)/t17?,18?,19?,20?,22-,23-,24?,25?/m0/s1. The molecule has 0 unspecified atom stereocenters. The summed E-state index contributed by atoms with van der Waals surface area (Å²) in [4.78, 5) is 13.1. The molecule has 1 amide bonds. The van der Waals surface area contributed by atoms with Crippen LogP contribution in [-0.2, 0) is 4.79 Å². The van der Waals surface area contributed by atoms with E-state index in [4.69, 9.17) is 0 Å². The van der Waals surface area contributed by atoms with E-state index in [2.05, 4.69) is 19.2 Å². The van der Waals surface area contributed by atoms with Gasteiger partial charge in [0.1, 0.15) is 0 Å². The predicted molar refractivity (Wildman–Crippen MR) is 108 cm³/mol. The largest absolute Gasteiger partial charge is 0.356 e. The van der Waals surface area contributed by atoms with Gasteiger partial charge in [0.15, 0.2) is 0 Å². The minimum Gasteiger partial charge on any atom is -0.356 e. The lowest BCUT2D eigenvalue weighted by Gasteiger charge is -2.65. The topological polar surface area (TPSA) is 29.1 Å². The van der Waals surface area contributed by atoms with Crippen LogP contribution in [0.1, 0.15) is 97.3 Å². The lowest BCUT2D eigenvalue weighted by molar-refractivity contribution is -0.156. The second-order valence-electron chi connectivity index (χ2n) is 13.5. The zero-order valence-corrected chi connectivity index (χ0v) is 17.6. The van der Waals surface area contributed by atoms with Crippen molar-refractivity contribution in [1.82, 2.24) is 5.32 Å². The summed E-state index contributed by atoms with van der Waals surface area (Å²) in [5.41, 5.74) is 1.85. The van der Waals surface area contributed by atoms with Crippen LogP contribution < -0.4 is 5.32 Å². The Hall–Kier alpha value is -0.530. The van der Waals surface area contributed by atoms with Crippen LogP contribution in [0.25, 0.3) is 0 Å².